The van der Waals surface area contributed by atoms with E-state index in [1.54, 1.807) is 4.90 Å². The Morgan fingerprint density at radius 3 is 1.30 bits per heavy atom. The van der Waals surface area contributed by atoms with Crippen LogP contribution < -0.4 is 0 Å². The van der Waals surface area contributed by atoms with Crippen LogP contribution in [-0.4, -0.2) is 87.6 Å². The predicted molar refractivity (Wildman–Crippen MR) is 250 cm³/mol. The number of hydrogen-bond donors (Lipinski definition) is 3. The average molecular weight is 891 g/mol. The SMILES string of the molecule is O=C(OCc1ccccc1)N1C[C@H](O)C[C@H]1C(O)(c1ccccc1)c1ccccc1.O=C(OCc1ccccc1)N1C[C@H](OC2CCCCO2)C[C@H]1C(O)(c1ccccc1)c1ccccc1. The maximum Gasteiger partial charge on any atom is 0.410 e. The van der Waals surface area contributed by atoms with Crippen LogP contribution in [0.25, 0.3) is 0 Å². The summed E-state index contributed by atoms with van der Waals surface area (Å²) in [7, 11) is 0. The molecule has 0 bridgehead atoms. The largest absolute Gasteiger partial charge is 0.445 e. The molecule has 0 aliphatic carbocycles. The molecule has 1 unspecified atom stereocenters. The molecule has 0 spiro atoms. The van der Waals surface area contributed by atoms with Crippen molar-refractivity contribution in [1.29, 1.82) is 0 Å². The Labute approximate surface area is 386 Å². The quantitative estimate of drug-likeness (QED) is 0.110. The number of rotatable bonds is 12. The first-order chi connectivity index (χ1) is 32.2. The third-order valence-corrected chi connectivity index (χ3v) is 12.7. The number of nitrogens with zero attached hydrogens (tertiary/aromatic N) is 2. The average Bonchev–Trinajstić information content (AvgIpc) is 4.01. The maximum atomic E-state index is 13.5. The second-order valence-electron chi connectivity index (χ2n) is 17.1. The fourth-order valence-corrected chi connectivity index (χ4v) is 9.41. The van der Waals surface area contributed by atoms with Gasteiger partial charge in [0.15, 0.2) is 6.29 Å². The first-order valence-corrected chi connectivity index (χ1v) is 22.8. The zero-order chi connectivity index (χ0) is 45.8. The number of amides is 2. The van der Waals surface area contributed by atoms with Crippen LogP contribution in [0.3, 0.4) is 0 Å². The summed E-state index contributed by atoms with van der Waals surface area (Å²) in [5.74, 6) is 0. The number of hydrogen-bond acceptors (Lipinski definition) is 9. The van der Waals surface area contributed by atoms with Crippen molar-refractivity contribution in [1.82, 2.24) is 9.80 Å². The minimum Gasteiger partial charge on any atom is -0.445 e. The van der Waals surface area contributed by atoms with Crippen LogP contribution in [0.1, 0.15) is 65.5 Å². The summed E-state index contributed by atoms with van der Waals surface area (Å²) >= 11 is 0. The summed E-state index contributed by atoms with van der Waals surface area (Å²) in [6, 6.07) is 55.4. The smallest absolute Gasteiger partial charge is 0.410 e. The van der Waals surface area contributed by atoms with Crippen LogP contribution in [0.2, 0.25) is 0 Å². The van der Waals surface area contributed by atoms with Gasteiger partial charge in [0.2, 0.25) is 0 Å². The number of likely N-dealkylation sites (tertiary alicyclic amines) is 2. The fraction of sp³-hybridized carbons (Fsp3) is 0.309. The van der Waals surface area contributed by atoms with Gasteiger partial charge < -0.3 is 34.3 Å². The Kier molecular flexibility index (Phi) is 15.2. The molecule has 342 valence electrons. The first-order valence-electron chi connectivity index (χ1n) is 22.8. The topological polar surface area (TPSA) is 138 Å². The molecule has 3 N–H and O–H groups in total. The van der Waals surface area contributed by atoms with Crippen LogP contribution in [-0.2, 0) is 43.4 Å². The zero-order valence-electron chi connectivity index (χ0n) is 37.0. The Bertz CT molecular complexity index is 2330. The van der Waals surface area contributed by atoms with Crippen molar-refractivity contribution in [3.63, 3.8) is 0 Å². The van der Waals surface area contributed by atoms with Gasteiger partial charge in [-0.05, 0) is 65.5 Å². The third-order valence-electron chi connectivity index (χ3n) is 12.7. The molecule has 3 aliphatic heterocycles. The van der Waals surface area contributed by atoms with Gasteiger partial charge in [0.05, 0.1) is 37.4 Å². The van der Waals surface area contributed by atoms with E-state index in [1.807, 2.05) is 182 Å². The van der Waals surface area contributed by atoms with E-state index >= 15 is 0 Å². The Balaban J connectivity index is 0.000000182. The van der Waals surface area contributed by atoms with Gasteiger partial charge in [-0.25, -0.2) is 9.59 Å². The highest BCUT2D eigenvalue weighted by Gasteiger charge is 2.52. The molecular weight excluding hydrogens is 833 g/mol. The number of ether oxygens (including phenoxy) is 4. The molecule has 6 aromatic carbocycles. The van der Waals surface area contributed by atoms with E-state index in [-0.39, 0.29) is 38.6 Å². The number of carbonyl (C=O) groups is 2. The highest BCUT2D eigenvalue weighted by molar-refractivity contribution is 5.70. The molecular formula is C55H58N2O9. The van der Waals surface area contributed by atoms with E-state index in [4.69, 9.17) is 18.9 Å². The van der Waals surface area contributed by atoms with E-state index in [0.29, 0.717) is 30.7 Å². The van der Waals surface area contributed by atoms with Crippen LogP contribution in [0.5, 0.6) is 0 Å². The van der Waals surface area contributed by atoms with Crippen molar-refractivity contribution >= 4 is 12.2 Å². The first kappa shape index (κ1) is 46.2. The molecule has 3 aliphatic rings. The van der Waals surface area contributed by atoms with E-state index < -0.39 is 41.6 Å². The summed E-state index contributed by atoms with van der Waals surface area (Å²) < 4.78 is 23.4. The molecule has 3 fully saturated rings. The van der Waals surface area contributed by atoms with Crippen LogP contribution in [0.15, 0.2) is 182 Å². The molecule has 11 heteroatoms. The van der Waals surface area contributed by atoms with E-state index in [0.717, 1.165) is 41.5 Å². The lowest BCUT2D eigenvalue weighted by Gasteiger charge is -2.39. The van der Waals surface area contributed by atoms with Crippen LogP contribution in [0.4, 0.5) is 9.59 Å². The summed E-state index contributed by atoms with van der Waals surface area (Å²) in [5, 5.41) is 34.9. The van der Waals surface area contributed by atoms with Gasteiger partial charge in [-0.15, -0.1) is 0 Å². The van der Waals surface area contributed by atoms with Gasteiger partial charge in [0.1, 0.15) is 24.4 Å². The second-order valence-corrected chi connectivity index (χ2v) is 17.1. The molecule has 66 heavy (non-hydrogen) atoms. The summed E-state index contributed by atoms with van der Waals surface area (Å²) in [6.07, 6.45) is 1.32. The summed E-state index contributed by atoms with van der Waals surface area (Å²) in [6.45, 7) is 1.41. The van der Waals surface area contributed by atoms with E-state index in [1.165, 1.54) is 4.90 Å². The van der Waals surface area contributed by atoms with Gasteiger partial charge in [0, 0.05) is 6.61 Å². The van der Waals surface area contributed by atoms with Gasteiger partial charge in [-0.3, -0.25) is 9.80 Å². The summed E-state index contributed by atoms with van der Waals surface area (Å²) in [5.41, 5.74) is 1.63. The normalized spacial score (nSPS) is 20.8. The monoisotopic (exact) mass is 890 g/mol. The van der Waals surface area contributed by atoms with Crippen molar-refractivity contribution < 1.29 is 43.9 Å². The lowest BCUT2D eigenvalue weighted by atomic mass is 9.79. The molecule has 2 amide bonds. The van der Waals surface area contributed by atoms with Crippen molar-refractivity contribution in [2.75, 3.05) is 19.7 Å². The summed E-state index contributed by atoms with van der Waals surface area (Å²) in [4.78, 5) is 29.5. The molecule has 0 aromatic heterocycles. The zero-order valence-corrected chi connectivity index (χ0v) is 37.0. The molecule has 6 aromatic rings. The Morgan fingerprint density at radius 2 is 0.909 bits per heavy atom. The highest BCUT2D eigenvalue weighted by Crippen LogP contribution is 2.43. The van der Waals surface area contributed by atoms with E-state index in [9.17, 15) is 24.9 Å². The van der Waals surface area contributed by atoms with Gasteiger partial charge >= 0.3 is 12.2 Å². The lowest BCUT2D eigenvalue weighted by molar-refractivity contribution is -0.185. The molecule has 0 radical (unpaired) electrons. The van der Waals surface area contributed by atoms with Crippen molar-refractivity contribution in [2.24, 2.45) is 0 Å². The number of aliphatic hydroxyl groups excluding tert-OH is 1. The number of benzene rings is 6. The third kappa shape index (κ3) is 10.7. The highest BCUT2D eigenvalue weighted by atomic mass is 16.7. The minimum absolute atomic E-state index is 0.111. The Morgan fingerprint density at radius 1 is 0.530 bits per heavy atom. The van der Waals surface area contributed by atoms with Crippen molar-refractivity contribution in [2.45, 2.75) is 87.1 Å². The molecule has 3 heterocycles. The standard InChI is InChI=1S/C30H33NO5.C25H25NO4/c32-29(35-22-23-12-4-1-5-13-23)31-21-26(36-28-18-10-11-19-34-28)20-27(31)30(33,24-14-6-2-7-15-24)25-16-8-3-9-17-25;27-22-16-23(26(17-22)24(28)30-18-19-10-4-1-5-11-19)25(29,20-12-6-2-7-13-20)21-14-8-3-9-15-21/h1-9,12-17,26-28,33H,10-11,18-22H2;1-15,22-23,27,29H,16-18H2/t26-,27+,28?;22-,23+/m11/s1. The number of aliphatic hydroxyl groups is 3. The molecule has 9 rings (SSSR count). The minimum atomic E-state index is -1.48. The predicted octanol–water partition coefficient (Wildman–Crippen LogP) is 8.94. The molecule has 3 saturated heterocycles. The van der Waals surface area contributed by atoms with Crippen LogP contribution >= 0.6 is 0 Å². The lowest BCUT2D eigenvalue weighted by Crippen LogP contribution is -2.50. The number of carbonyl (C=O) groups excluding carboxylic acids is 2. The number of β-amino-alcohol motifs (C(OH)–C–C–N with tert-alkyl or cyclic N) is 1. The van der Waals surface area contributed by atoms with Crippen molar-refractivity contribution in [3.05, 3.63) is 215 Å². The molecule has 11 nitrogen and oxygen atoms in total. The van der Waals surface area contributed by atoms with Crippen LogP contribution in [0, 0.1) is 0 Å². The second kappa shape index (κ2) is 21.8. The maximum absolute atomic E-state index is 13.5. The Hall–Kier alpha value is -6.34. The van der Waals surface area contributed by atoms with Gasteiger partial charge in [0.25, 0.3) is 0 Å². The van der Waals surface area contributed by atoms with Gasteiger partial charge in [-0.1, -0.05) is 182 Å². The molecule has 5 atom stereocenters. The fourth-order valence-electron chi connectivity index (χ4n) is 9.41. The van der Waals surface area contributed by atoms with Gasteiger partial charge in [-0.2, -0.15) is 0 Å². The van der Waals surface area contributed by atoms with Crippen molar-refractivity contribution in [3.8, 4) is 0 Å². The molecule has 0 saturated carbocycles. The van der Waals surface area contributed by atoms with E-state index in [2.05, 4.69) is 0 Å².